The highest BCUT2D eigenvalue weighted by molar-refractivity contribution is 9.10. The van der Waals surface area contributed by atoms with Gasteiger partial charge in [-0.15, -0.1) is 16.8 Å². The third kappa shape index (κ3) is 6.79. The van der Waals surface area contributed by atoms with E-state index in [1.807, 2.05) is 60.9 Å². The maximum atomic E-state index is 12.8. The average molecular weight is 528 g/mol. The van der Waals surface area contributed by atoms with E-state index in [4.69, 9.17) is 0 Å². The van der Waals surface area contributed by atoms with Crippen LogP contribution < -0.4 is 10.6 Å². The summed E-state index contributed by atoms with van der Waals surface area (Å²) in [5, 5.41) is 15.2. The fourth-order valence-electron chi connectivity index (χ4n) is 3.14. The van der Waals surface area contributed by atoms with Crippen molar-refractivity contribution in [3.8, 4) is 0 Å². The quantitative estimate of drug-likeness (QED) is 0.283. The Hall–Kier alpha value is -2.91. The largest absolute Gasteiger partial charge is 0.342 e. The number of carbonyl (C=O) groups is 2. The number of benzene rings is 2. The Morgan fingerprint density at radius 2 is 1.82 bits per heavy atom. The SMILES string of the molecule is C=CCn1c(SCC(=O)Nc2ccc(Br)cc2)nnc1[C@H](NC(=O)c1ccccc1)C(C)C. The summed E-state index contributed by atoms with van der Waals surface area (Å²) in [5.41, 5.74) is 1.30. The number of nitrogens with zero attached hydrogens (tertiary/aromatic N) is 3. The van der Waals surface area contributed by atoms with Gasteiger partial charge in [0.25, 0.3) is 5.91 Å². The topological polar surface area (TPSA) is 88.9 Å². The van der Waals surface area contributed by atoms with E-state index in [0.717, 1.165) is 10.2 Å². The van der Waals surface area contributed by atoms with E-state index < -0.39 is 0 Å². The first-order valence-electron chi connectivity index (χ1n) is 10.5. The number of amides is 2. The lowest BCUT2D eigenvalue weighted by molar-refractivity contribution is -0.113. The van der Waals surface area contributed by atoms with Gasteiger partial charge in [-0.3, -0.25) is 9.59 Å². The molecule has 33 heavy (non-hydrogen) atoms. The second-order valence-electron chi connectivity index (χ2n) is 7.64. The molecular weight excluding hydrogens is 502 g/mol. The van der Waals surface area contributed by atoms with Crippen molar-refractivity contribution in [1.82, 2.24) is 20.1 Å². The molecule has 3 aromatic rings. The first-order chi connectivity index (χ1) is 15.9. The first-order valence-corrected chi connectivity index (χ1v) is 12.2. The van der Waals surface area contributed by atoms with Crippen molar-refractivity contribution < 1.29 is 9.59 Å². The summed E-state index contributed by atoms with van der Waals surface area (Å²) >= 11 is 4.67. The standard InChI is InChI=1S/C24H26BrN5O2S/c1-4-14-30-22(21(16(2)3)27-23(32)17-8-6-5-7-9-17)28-29-24(30)33-15-20(31)26-19-12-10-18(25)11-13-19/h4-13,16,21H,1,14-15H2,2-3H3,(H,26,31)(H,27,32)/t21-/m1/s1. The molecule has 0 aliphatic carbocycles. The normalized spacial score (nSPS) is 11.8. The molecule has 1 atom stereocenters. The van der Waals surface area contributed by atoms with Gasteiger partial charge in [-0.25, -0.2) is 0 Å². The summed E-state index contributed by atoms with van der Waals surface area (Å²) in [6, 6.07) is 16.1. The Morgan fingerprint density at radius 1 is 1.12 bits per heavy atom. The molecule has 0 saturated heterocycles. The van der Waals surface area contributed by atoms with Gasteiger partial charge in [-0.05, 0) is 42.3 Å². The zero-order valence-electron chi connectivity index (χ0n) is 18.5. The van der Waals surface area contributed by atoms with Crippen LogP contribution in [0.2, 0.25) is 0 Å². The fraction of sp³-hybridized carbons (Fsp3) is 0.250. The van der Waals surface area contributed by atoms with Gasteiger partial charge < -0.3 is 15.2 Å². The number of nitrogens with one attached hydrogen (secondary N) is 2. The van der Waals surface area contributed by atoms with E-state index in [2.05, 4.69) is 43.3 Å². The summed E-state index contributed by atoms with van der Waals surface area (Å²) in [7, 11) is 0. The van der Waals surface area contributed by atoms with Gasteiger partial charge in [0.15, 0.2) is 11.0 Å². The first kappa shape index (κ1) is 24.7. The number of carbonyl (C=O) groups excluding carboxylic acids is 2. The highest BCUT2D eigenvalue weighted by atomic mass is 79.9. The number of hydrogen-bond acceptors (Lipinski definition) is 5. The van der Waals surface area contributed by atoms with E-state index >= 15 is 0 Å². The third-order valence-corrected chi connectivity index (χ3v) is 6.28. The molecule has 0 unspecified atom stereocenters. The lowest BCUT2D eigenvalue weighted by atomic mass is 10.0. The van der Waals surface area contributed by atoms with Gasteiger partial charge in [-0.1, -0.05) is 65.8 Å². The smallest absolute Gasteiger partial charge is 0.251 e. The summed E-state index contributed by atoms with van der Waals surface area (Å²) in [4.78, 5) is 25.2. The molecule has 9 heteroatoms. The van der Waals surface area contributed by atoms with Crippen molar-refractivity contribution in [1.29, 1.82) is 0 Å². The average Bonchev–Trinajstić information content (AvgIpc) is 3.20. The molecule has 1 heterocycles. The minimum Gasteiger partial charge on any atom is -0.342 e. The number of hydrogen-bond donors (Lipinski definition) is 2. The van der Waals surface area contributed by atoms with Crippen LogP contribution in [0.1, 0.15) is 36.1 Å². The maximum Gasteiger partial charge on any atom is 0.251 e. The molecule has 2 N–H and O–H groups in total. The number of allylic oxidation sites excluding steroid dienone is 1. The second kappa shape index (κ2) is 11.8. The number of thioether (sulfide) groups is 1. The lowest BCUT2D eigenvalue weighted by Crippen LogP contribution is -2.33. The molecule has 2 amide bonds. The van der Waals surface area contributed by atoms with Crippen LogP contribution in [0, 0.1) is 5.92 Å². The number of rotatable bonds is 10. The molecule has 0 spiro atoms. The van der Waals surface area contributed by atoms with Crippen LogP contribution in [0.25, 0.3) is 0 Å². The van der Waals surface area contributed by atoms with Crippen LogP contribution in [0.4, 0.5) is 5.69 Å². The van der Waals surface area contributed by atoms with Crippen LogP contribution in [0.5, 0.6) is 0 Å². The van der Waals surface area contributed by atoms with Crippen molar-refractivity contribution in [2.45, 2.75) is 31.6 Å². The molecule has 1 aromatic heterocycles. The van der Waals surface area contributed by atoms with E-state index in [1.54, 1.807) is 18.2 Å². The fourth-order valence-corrected chi connectivity index (χ4v) is 4.16. The minimum atomic E-state index is -0.351. The van der Waals surface area contributed by atoms with E-state index in [1.165, 1.54) is 11.8 Å². The highest BCUT2D eigenvalue weighted by Gasteiger charge is 2.26. The number of anilines is 1. The van der Waals surface area contributed by atoms with Gasteiger partial charge in [0.05, 0.1) is 11.8 Å². The number of halogens is 1. The summed E-state index contributed by atoms with van der Waals surface area (Å²) in [6.45, 7) is 8.32. The molecule has 2 aromatic carbocycles. The predicted molar refractivity (Wildman–Crippen MR) is 135 cm³/mol. The monoisotopic (exact) mass is 527 g/mol. The van der Waals surface area contributed by atoms with E-state index in [9.17, 15) is 9.59 Å². The van der Waals surface area contributed by atoms with Crippen molar-refractivity contribution in [2.24, 2.45) is 5.92 Å². The molecule has 0 saturated carbocycles. The van der Waals surface area contributed by atoms with Crippen molar-refractivity contribution in [3.63, 3.8) is 0 Å². The molecule has 0 aliphatic rings. The zero-order valence-corrected chi connectivity index (χ0v) is 20.9. The summed E-state index contributed by atoms with van der Waals surface area (Å²) < 4.78 is 2.83. The molecule has 0 aliphatic heterocycles. The highest BCUT2D eigenvalue weighted by Crippen LogP contribution is 2.26. The number of aromatic nitrogens is 3. The van der Waals surface area contributed by atoms with Gasteiger partial charge in [-0.2, -0.15) is 0 Å². The Bertz CT molecular complexity index is 1100. The lowest BCUT2D eigenvalue weighted by Gasteiger charge is -2.22. The van der Waals surface area contributed by atoms with Crippen LogP contribution in [-0.4, -0.2) is 32.3 Å². The van der Waals surface area contributed by atoms with Gasteiger partial charge in [0, 0.05) is 22.3 Å². The molecular formula is C24H26BrN5O2S. The molecule has 7 nitrogen and oxygen atoms in total. The predicted octanol–water partition coefficient (Wildman–Crippen LogP) is 5.08. The Balaban J connectivity index is 1.73. The van der Waals surface area contributed by atoms with Crippen molar-refractivity contribution in [2.75, 3.05) is 11.1 Å². The summed E-state index contributed by atoms with van der Waals surface area (Å²) in [6.07, 6.45) is 1.75. The zero-order chi connectivity index (χ0) is 23.8. The summed E-state index contributed by atoms with van der Waals surface area (Å²) in [5.74, 6) is 0.558. The van der Waals surface area contributed by atoms with Crippen molar-refractivity contribution in [3.05, 3.63) is 83.1 Å². The van der Waals surface area contributed by atoms with Gasteiger partial charge in [0.2, 0.25) is 5.91 Å². The Labute approximate surface area is 206 Å². The maximum absolute atomic E-state index is 12.8. The minimum absolute atomic E-state index is 0.0731. The Kier molecular flexibility index (Phi) is 8.85. The molecule has 0 bridgehead atoms. The van der Waals surface area contributed by atoms with Crippen LogP contribution >= 0.6 is 27.7 Å². The molecule has 0 fully saturated rings. The Morgan fingerprint density at radius 3 is 2.45 bits per heavy atom. The van der Waals surface area contributed by atoms with Gasteiger partial charge >= 0.3 is 0 Å². The van der Waals surface area contributed by atoms with Crippen molar-refractivity contribution >= 4 is 45.2 Å². The third-order valence-electron chi connectivity index (χ3n) is 4.78. The molecule has 3 rings (SSSR count). The van der Waals surface area contributed by atoms with Crippen LogP contribution in [0.3, 0.4) is 0 Å². The van der Waals surface area contributed by atoms with E-state index in [0.29, 0.717) is 23.1 Å². The van der Waals surface area contributed by atoms with Gasteiger partial charge in [0.1, 0.15) is 0 Å². The van der Waals surface area contributed by atoms with Crippen LogP contribution in [0.15, 0.2) is 76.9 Å². The molecule has 172 valence electrons. The molecule has 0 radical (unpaired) electrons. The van der Waals surface area contributed by atoms with Crippen LogP contribution in [-0.2, 0) is 11.3 Å². The van der Waals surface area contributed by atoms with E-state index in [-0.39, 0.29) is 29.5 Å². The second-order valence-corrected chi connectivity index (χ2v) is 9.50.